The Morgan fingerprint density at radius 2 is 2.00 bits per heavy atom. The van der Waals surface area contributed by atoms with Crippen LogP contribution in [0.2, 0.25) is 0 Å². The van der Waals surface area contributed by atoms with Crippen molar-refractivity contribution in [1.29, 1.82) is 0 Å². The van der Waals surface area contributed by atoms with Crippen LogP contribution in [0.1, 0.15) is 59.8 Å². The van der Waals surface area contributed by atoms with Gasteiger partial charge in [-0.05, 0) is 52.6 Å². The van der Waals surface area contributed by atoms with E-state index in [0.717, 1.165) is 12.1 Å². The Balaban J connectivity index is 2.42. The van der Waals surface area contributed by atoms with Crippen LogP contribution in [0.25, 0.3) is 0 Å². The second-order valence-electron chi connectivity index (χ2n) is 5.40. The lowest BCUT2D eigenvalue weighted by Crippen LogP contribution is -2.47. The molecule has 0 aromatic rings. The van der Waals surface area contributed by atoms with Gasteiger partial charge in [-0.3, -0.25) is 4.90 Å². The van der Waals surface area contributed by atoms with Gasteiger partial charge in [0.2, 0.25) is 0 Å². The van der Waals surface area contributed by atoms with E-state index >= 15 is 0 Å². The first kappa shape index (κ1) is 14.0. The van der Waals surface area contributed by atoms with Gasteiger partial charge in [0, 0.05) is 18.1 Å². The van der Waals surface area contributed by atoms with Gasteiger partial charge in [0.25, 0.3) is 0 Å². The monoisotopic (exact) mass is 226 g/mol. The van der Waals surface area contributed by atoms with Gasteiger partial charge in [0.15, 0.2) is 0 Å². The van der Waals surface area contributed by atoms with Crippen LogP contribution in [0.15, 0.2) is 0 Å². The Hall–Kier alpha value is -0.0800. The summed E-state index contributed by atoms with van der Waals surface area (Å²) in [6, 6.07) is 2.28. The van der Waals surface area contributed by atoms with Crippen LogP contribution in [0.3, 0.4) is 0 Å². The molecule has 0 spiro atoms. The van der Waals surface area contributed by atoms with Crippen LogP contribution in [-0.4, -0.2) is 36.1 Å². The van der Waals surface area contributed by atoms with Gasteiger partial charge < -0.3 is 5.32 Å². The third kappa shape index (κ3) is 4.06. The fourth-order valence-corrected chi connectivity index (χ4v) is 3.04. The van der Waals surface area contributed by atoms with Crippen LogP contribution in [0.5, 0.6) is 0 Å². The van der Waals surface area contributed by atoms with Crippen molar-refractivity contribution in [3.63, 3.8) is 0 Å². The van der Waals surface area contributed by atoms with Gasteiger partial charge in [-0.1, -0.05) is 20.3 Å². The van der Waals surface area contributed by atoms with E-state index in [2.05, 4.69) is 37.9 Å². The van der Waals surface area contributed by atoms with E-state index in [-0.39, 0.29) is 0 Å². The first-order chi connectivity index (χ1) is 7.69. The average Bonchev–Trinajstić information content (AvgIpc) is 2.27. The molecule has 1 N–H and O–H groups in total. The average molecular weight is 226 g/mol. The van der Waals surface area contributed by atoms with E-state index < -0.39 is 0 Å². The standard InChI is InChI=1S/C14H30N2/c1-5-10-15-13-8-7-9-14(11-13)16(6-2)12(3)4/h12-15H,5-11H2,1-4H3. The molecule has 0 radical (unpaired) electrons. The fourth-order valence-electron chi connectivity index (χ4n) is 3.04. The zero-order chi connectivity index (χ0) is 12.0. The van der Waals surface area contributed by atoms with Gasteiger partial charge in [0.05, 0.1) is 0 Å². The summed E-state index contributed by atoms with van der Waals surface area (Å²) < 4.78 is 0. The highest BCUT2D eigenvalue weighted by Crippen LogP contribution is 2.24. The summed E-state index contributed by atoms with van der Waals surface area (Å²) in [5.74, 6) is 0. The molecule has 0 heterocycles. The van der Waals surface area contributed by atoms with Crippen molar-refractivity contribution < 1.29 is 0 Å². The molecule has 1 aliphatic carbocycles. The second-order valence-corrected chi connectivity index (χ2v) is 5.40. The molecule has 2 unspecified atom stereocenters. The van der Waals surface area contributed by atoms with Crippen LogP contribution < -0.4 is 5.32 Å². The van der Waals surface area contributed by atoms with E-state index in [1.807, 2.05) is 0 Å². The maximum absolute atomic E-state index is 3.69. The number of hydrogen-bond donors (Lipinski definition) is 1. The molecule has 96 valence electrons. The number of nitrogens with zero attached hydrogens (tertiary/aromatic N) is 1. The van der Waals surface area contributed by atoms with Crippen molar-refractivity contribution in [3.05, 3.63) is 0 Å². The molecule has 2 heteroatoms. The minimum atomic E-state index is 0.694. The lowest BCUT2D eigenvalue weighted by atomic mass is 9.89. The normalized spacial score (nSPS) is 26.6. The third-order valence-corrected chi connectivity index (χ3v) is 3.83. The molecule has 1 aliphatic rings. The second kappa shape index (κ2) is 7.29. The molecule has 0 aliphatic heterocycles. The first-order valence-corrected chi connectivity index (χ1v) is 7.18. The van der Waals surface area contributed by atoms with Crippen molar-refractivity contribution in [3.8, 4) is 0 Å². The molecule has 1 saturated carbocycles. The number of nitrogens with one attached hydrogen (secondary N) is 1. The summed E-state index contributed by atoms with van der Waals surface area (Å²) in [7, 11) is 0. The SMILES string of the molecule is CCCNC1CCCC(N(CC)C(C)C)C1. The third-order valence-electron chi connectivity index (χ3n) is 3.83. The molecular weight excluding hydrogens is 196 g/mol. The molecular formula is C14H30N2. The Morgan fingerprint density at radius 3 is 2.56 bits per heavy atom. The van der Waals surface area contributed by atoms with Crippen molar-refractivity contribution in [2.45, 2.75) is 77.9 Å². The van der Waals surface area contributed by atoms with Crippen LogP contribution in [0.4, 0.5) is 0 Å². The van der Waals surface area contributed by atoms with Crippen LogP contribution >= 0.6 is 0 Å². The highest BCUT2D eigenvalue weighted by molar-refractivity contribution is 4.84. The molecule has 0 amide bonds. The van der Waals surface area contributed by atoms with Crippen molar-refractivity contribution >= 4 is 0 Å². The van der Waals surface area contributed by atoms with Crippen molar-refractivity contribution in [2.24, 2.45) is 0 Å². The summed E-state index contributed by atoms with van der Waals surface area (Å²) in [5.41, 5.74) is 0. The number of rotatable bonds is 6. The molecule has 2 nitrogen and oxygen atoms in total. The largest absolute Gasteiger partial charge is 0.314 e. The molecule has 1 fully saturated rings. The molecule has 0 bridgehead atoms. The summed E-state index contributed by atoms with van der Waals surface area (Å²) in [6.07, 6.45) is 6.78. The Kier molecular flexibility index (Phi) is 6.37. The smallest absolute Gasteiger partial charge is 0.0113 e. The summed E-state index contributed by atoms with van der Waals surface area (Å²) in [4.78, 5) is 2.67. The van der Waals surface area contributed by atoms with E-state index in [1.165, 1.54) is 45.2 Å². The summed E-state index contributed by atoms with van der Waals surface area (Å²) in [6.45, 7) is 11.6. The Labute approximate surface area is 102 Å². The highest BCUT2D eigenvalue weighted by Gasteiger charge is 2.26. The van der Waals surface area contributed by atoms with Crippen molar-refractivity contribution in [1.82, 2.24) is 10.2 Å². The lowest BCUT2D eigenvalue weighted by molar-refractivity contribution is 0.114. The molecule has 0 aromatic heterocycles. The minimum Gasteiger partial charge on any atom is -0.314 e. The van der Waals surface area contributed by atoms with Gasteiger partial charge in [0.1, 0.15) is 0 Å². The zero-order valence-electron chi connectivity index (χ0n) is 11.6. The van der Waals surface area contributed by atoms with E-state index in [4.69, 9.17) is 0 Å². The van der Waals surface area contributed by atoms with Gasteiger partial charge in [-0.25, -0.2) is 0 Å². The van der Waals surface area contributed by atoms with E-state index in [9.17, 15) is 0 Å². The maximum atomic E-state index is 3.69. The molecule has 0 saturated heterocycles. The number of hydrogen-bond acceptors (Lipinski definition) is 2. The summed E-state index contributed by atoms with van der Waals surface area (Å²) >= 11 is 0. The molecule has 1 rings (SSSR count). The zero-order valence-corrected chi connectivity index (χ0v) is 11.6. The van der Waals surface area contributed by atoms with E-state index in [0.29, 0.717) is 6.04 Å². The van der Waals surface area contributed by atoms with Gasteiger partial charge >= 0.3 is 0 Å². The van der Waals surface area contributed by atoms with E-state index in [1.54, 1.807) is 0 Å². The molecule has 16 heavy (non-hydrogen) atoms. The Morgan fingerprint density at radius 1 is 1.25 bits per heavy atom. The van der Waals surface area contributed by atoms with Gasteiger partial charge in [-0.2, -0.15) is 0 Å². The first-order valence-electron chi connectivity index (χ1n) is 7.18. The predicted molar refractivity (Wildman–Crippen MR) is 71.9 cm³/mol. The maximum Gasteiger partial charge on any atom is 0.0113 e. The topological polar surface area (TPSA) is 15.3 Å². The predicted octanol–water partition coefficient (Wildman–Crippen LogP) is 3.03. The fraction of sp³-hybridized carbons (Fsp3) is 1.00. The Bertz CT molecular complexity index is 180. The summed E-state index contributed by atoms with van der Waals surface area (Å²) in [5, 5.41) is 3.69. The van der Waals surface area contributed by atoms with Crippen molar-refractivity contribution in [2.75, 3.05) is 13.1 Å². The van der Waals surface area contributed by atoms with Gasteiger partial charge in [-0.15, -0.1) is 0 Å². The van der Waals surface area contributed by atoms with Crippen LogP contribution in [-0.2, 0) is 0 Å². The highest BCUT2D eigenvalue weighted by atomic mass is 15.2. The van der Waals surface area contributed by atoms with Crippen LogP contribution in [0, 0.1) is 0 Å². The molecule has 0 aromatic carbocycles. The molecule has 2 atom stereocenters. The minimum absolute atomic E-state index is 0.694. The lowest BCUT2D eigenvalue weighted by Gasteiger charge is -2.39. The quantitative estimate of drug-likeness (QED) is 0.749.